The van der Waals surface area contributed by atoms with Gasteiger partial charge in [0.1, 0.15) is 5.75 Å². The minimum atomic E-state index is 0.349. The monoisotopic (exact) mass is 303 g/mol. The lowest BCUT2D eigenvalue weighted by Crippen LogP contribution is -2.20. The van der Waals surface area contributed by atoms with Crippen LogP contribution in [0.2, 0.25) is 5.02 Å². The van der Waals surface area contributed by atoms with Gasteiger partial charge in [-0.2, -0.15) is 0 Å². The Kier molecular flexibility index (Phi) is 5.66. The minimum Gasteiger partial charge on any atom is -0.496 e. The van der Waals surface area contributed by atoms with Crippen molar-refractivity contribution < 1.29 is 4.74 Å². The molecule has 0 saturated carbocycles. The van der Waals surface area contributed by atoms with Crippen molar-refractivity contribution in [2.45, 2.75) is 19.8 Å². The van der Waals surface area contributed by atoms with Crippen LogP contribution in [0.1, 0.15) is 16.7 Å². The number of hydrogen-bond donors (Lipinski definition) is 1. The molecule has 1 atom stereocenters. The Morgan fingerprint density at radius 1 is 1.10 bits per heavy atom. The zero-order valence-corrected chi connectivity index (χ0v) is 13.4. The third-order valence-corrected chi connectivity index (χ3v) is 4.10. The van der Waals surface area contributed by atoms with E-state index in [0.29, 0.717) is 12.5 Å². The summed E-state index contributed by atoms with van der Waals surface area (Å²) in [6.45, 7) is 2.67. The summed E-state index contributed by atoms with van der Waals surface area (Å²) in [6, 6.07) is 14.3. The van der Waals surface area contributed by atoms with Crippen molar-refractivity contribution in [3.05, 3.63) is 64.2 Å². The van der Waals surface area contributed by atoms with Gasteiger partial charge in [-0.1, -0.05) is 41.9 Å². The first-order valence-corrected chi connectivity index (χ1v) is 7.58. The van der Waals surface area contributed by atoms with Crippen molar-refractivity contribution in [3.8, 4) is 5.75 Å². The van der Waals surface area contributed by atoms with Gasteiger partial charge in [0.15, 0.2) is 0 Å². The number of methoxy groups -OCH3 is 1. The highest BCUT2D eigenvalue weighted by Crippen LogP contribution is 2.25. The number of para-hydroxylation sites is 1. The highest BCUT2D eigenvalue weighted by atomic mass is 35.5. The zero-order valence-electron chi connectivity index (χ0n) is 12.6. The Bertz CT molecular complexity index is 598. The number of halogens is 1. The molecule has 2 aromatic carbocycles. The fourth-order valence-corrected chi connectivity index (χ4v) is 2.86. The van der Waals surface area contributed by atoms with Crippen molar-refractivity contribution in [1.29, 1.82) is 0 Å². The summed E-state index contributed by atoms with van der Waals surface area (Å²) in [5.74, 6) is 1.27. The van der Waals surface area contributed by atoms with Crippen molar-refractivity contribution in [2.24, 2.45) is 11.7 Å². The van der Waals surface area contributed by atoms with Crippen LogP contribution in [0.5, 0.6) is 5.75 Å². The predicted molar refractivity (Wildman–Crippen MR) is 89.1 cm³/mol. The second-order valence-corrected chi connectivity index (χ2v) is 5.82. The molecule has 0 aliphatic rings. The lowest BCUT2D eigenvalue weighted by atomic mass is 9.92. The fourth-order valence-electron chi connectivity index (χ4n) is 2.55. The summed E-state index contributed by atoms with van der Waals surface area (Å²) in [5.41, 5.74) is 9.49. The Morgan fingerprint density at radius 3 is 2.48 bits per heavy atom. The molecule has 0 aromatic heterocycles. The molecule has 21 heavy (non-hydrogen) atoms. The van der Waals surface area contributed by atoms with Crippen LogP contribution in [-0.2, 0) is 12.8 Å². The van der Waals surface area contributed by atoms with Crippen LogP contribution in [-0.4, -0.2) is 13.7 Å². The number of hydrogen-bond acceptors (Lipinski definition) is 2. The normalized spacial score (nSPS) is 12.2. The molecule has 0 spiro atoms. The summed E-state index contributed by atoms with van der Waals surface area (Å²) >= 11 is 6.33. The fraction of sp³-hybridized carbons (Fsp3) is 0.333. The van der Waals surface area contributed by atoms with E-state index in [1.54, 1.807) is 7.11 Å². The van der Waals surface area contributed by atoms with E-state index in [2.05, 4.69) is 18.2 Å². The topological polar surface area (TPSA) is 35.2 Å². The van der Waals surface area contributed by atoms with Gasteiger partial charge in [-0.3, -0.25) is 0 Å². The molecule has 0 aliphatic heterocycles. The smallest absolute Gasteiger partial charge is 0.122 e. The lowest BCUT2D eigenvalue weighted by Gasteiger charge is -2.17. The van der Waals surface area contributed by atoms with E-state index in [1.807, 2.05) is 31.2 Å². The van der Waals surface area contributed by atoms with E-state index in [9.17, 15) is 0 Å². The van der Waals surface area contributed by atoms with Gasteiger partial charge in [-0.05, 0) is 61.1 Å². The number of benzene rings is 2. The van der Waals surface area contributed by atoms with Crippen LogP contribution in [0, 0.1) is 12.8 Å². The van der Waals surface area contributed by atoms with Crippen molar-refractivity contribution in [1.82, 2.24) is 0 Å². The SMILES string of the molecule is COc1ccccc1CC(CN)Cc1ccc(C)cc1Cl. The first kappa shape index (κ1) is 15.9. The minimum absolute atomic E-state index is 0.349. The number of ether oxygens (including phenoxy) is 1. The summed E-state index contributed by atoms with van der Waals surface area (Å²) in [7, 11) is 1.70. The van der Waals surface area contributed by atoms with Crippen LogP contribution < -0.4 is 10.5 Å². The van der Waals surface area contributed by atoms with Gasteiger partial charge >= 0.3 is 0 Å². The van der Waals surface area contributed by atoms with Gasteiger partial charge < -0.3 is 10.5 Å². The number of nitrogens with two attached hydrogens (primary N) is 1. The maximum Gasteiger partial charge on any atom is 0.122 e. The molecule has 0 fully saturated rings. The van der Waals surface area contributed by atoms with Gasteiger partial charge in [-0.15, -0.1) is 0 Å². The largest absolute Gasteiger partial charge is 0.496 e. The molecule has 0 aliphatic carbocycles. The van der Waals surface area contributed by atoms with Crippen LogP contribution in [0.4, 0.5) is 0 Å². The molecular weight excluding hydrogens is 282 g/mol. The Labute approximate surface area is 131 Å². The maximum atomic E-state index is 6.33. The number of rotatable bonds is 6. The van der Waals surface area contributed by atoms with Gasteiger partial charge in [0.05, 0.1) is 7.11 Å². The summed E-state index contributed by atoms with van der Waals surface area (Å²) in [6.07, 6.45) is 1.78. The van der Waals surface area contributed by atoms with Crippen molar-refractivity contribution in [2.75, 3.05) is 13.7 Å². The molecule has 0 heterocycles. The van der Waals surface area contributed by atoms with Gasteiger partial charge in [0, 0.05) is 5.02 Å². The quantitative estimate of drug-likeness (QED) is 0.875. The van der Waals surface area contributed by atoms with Gasteiger partial charge in [0.2, 0.25) is 0 Å². The first-order chi connectivity index (χ1) is 10.1. The van der Waals surface area contributed by atoms with Gasteiger partial charge in [-0.25, -0.2) is 0 Å². The maximum absolute atomic E-state index is 6.33. The Morgan fingerprint density at radius 2 is 1.81 bits per heavy atom. The molecule has 112 valence electrons. The van der Waals surface area contributed by atoms with E-state index in [0.717, 1.165) is 29.2 Å². The molecule has 0 radical (unpaired) electrons. The highest BCUT2D eigenvalue weighted by molar-refractivity contribution is 6.31. The predicted octanol–water partition coefficient (Wildman–Crippen LogP) is 4.02. The summed E-state index contributed by atoms with van der Waals surface area (Å²) in [4.78, 5) is 0. The molecule has 0 saturated heterocycles. The molecule has 0 bridgehead atoms. The molecule has 0 amide bonds. The van der Waals surface area contributed by atoms with Crippen LogP contribution in [0.25, 0.3) is 0 Å². The molecule has 2 nitrogen and oxygen atoms in total. The average Bonchev–Trinajstić information content (AvgIpc) is 2.49. The van der Waals surface area contributed by atoms with E-state index in [1.165, 1.54) is 11.1 Å². The van der Waals surface area contributed by atoms with Gasteiger partial charge in [0.25, 0.3) is 0 Å². The Hall–Kier alpha value is -1.51. The first-order valence-electron chi connectivity index (χ1n) is 7.21. The average molecular weight is 304 g/mol. The lowest BCUT2D eigenvalue weighted by molar-refractivity contribution is 0.404. The van der Waals surface area contributed by atoms with E-state index < -0.39 is 0 Å². The van der Waals surface area contributed by atoms with Crippen LogP contribution in [0.15, 0.2) is 42.5 Å². The third-order valence-electron chi connectivity index (χ3n) is 3.75. The molecular formula is C18H22ClNO. The van der Waals surface area contributed by atoms with Crippen LogP contribution >= 0.6 is 11.6 Å². The second kappa shape index (κ2) is 7.48. The zero-order chi connectivity index (χ0) is 15.2. The molecule has 3 heteroatoms. The molecule has 2 N–H and O–H groups in total. The molecule has 2 aromatic rings. The van der Waals surface area contributed by atoms with Crippen LogP contribution in [0.3, 0.4) is 0 Å². The van der Waals surface area contributed by atoms with E-state index >= 15 is 0 Å². The third kappa shape index (κ3) is 4.23. The second-order valence-electron chi connectivity index (χ2n) is 5.42. The number of aryl methyl sites for hydroxylation is 1. The van der Waals surface area contributed by atoms with E-state index in [-0.39, 0.29) is 0 Å². The Balaban J connectivity index is 2.13. The summed E-state index contributed by atoms with van der Waals surface area (Å²) in [5, 5.41) is 0.827. The van der Waals surface area contributed by atoms with Crippen molar-refractivity contribution >= 4 is 11.6 Å². The van der Waals surface area contributed by atoms with Crippen molar-refractivity contribution in [3.63, 3.8) is 0 Å². The van der Waals surface area contributed by atoms with E-state index in [4.69, 9.17) is 22.1 Å². The molecule has 1 unspecified atom stereocenters. The summed E-state index contributed by atoms with van der Waals surface area (Å²) < 4.78 is 5.41. The molecule has 2 rings (SSSR count). The highest BCUT2D eigenvalue weighted by Gasteiger charge is 2.13. The standard InChI is InChI=1S/C18H22ClNO/c1-13-7-8-15(17(19)9-13)10-14(12-20)11-16-5-3-4-6-18(16)21-2/h3-9,14H,10-12,20H2,1-2H3.